The number of benzene rings is 2. The van der Waals surface area contributed by atoms with Crippen LogP contribution in [0.25, 0.3) is 11.1 Å². The van der Waals surface area contributed by atoms with Gasteiger partial charge in [0.25, 0.3) is 0 Å². The molecule has 3 heteroatoms. The second kappa shape index (κ2) is 5.67. The quantitative estimate of drug-likeness (QED) is 0.756. The van der Waals surface area contributed by atoms with Crippen molar-refractivity contribution in [3.8, 4) is 11.1 Å². The molecule has 3 rings (SSSR count). The minimum absolute atomic E-state index is 0.757. The summed E-state index contributed by atoms with van der Waals surface area (Å²) in [4.78, 5) is 4.29. The molecule has 0 bridgehead atoms. The molecular weight excluding hydrogens is 252 g/mol. The largest absolute Gasteiger partial charge is 0.379 e. The molecule has 19 heavy (non-hydrogen) atoms. The topological polar surface area (TPSA) is 24.9 Å². The number of para-hydroxylation sites is 1. The monoisotopic (exact) mass is 266 g/mol. The molecule has 2 nitrogen and oxygen atoms in total. The van der Waals surface area contributed by atoms with Gasteiger partial charge in [-0.1, -0.05) is 48.5 Å². The zero-order valence-corrected chi connectivity index (χ0v) is 11.2. The number of hydrogen-bond donors (Lipinski definition) is 1. The molecule has 2 aromatic carbocycles. The maximum atomic E-state index is 4.29. The van der Waals surface area contributed by atoms with Crippen LogP contribution in [0.1, 0.15) is 5.69 Å². The van der Waals surface area contributed by atoms with E-state index in [0.29, 0.717) is 0 Å². The summed E-state index contributed by atoms with van der Waals surface area (Å²) in [6.45, 7) is 0.757. The third-order valence-electron chi connectivity index (χ3n) is 2.96. The van der Waals surface area contributed by atoms with Crippen LogP contribution in [0.5, 0.6) is 0 Å². The van der Waals surface area contributed by atoms with Gasteiger partial charge < -0.3 is 5.32 Å². The molecule has 0 spiro atoms. The predicted octanol–water partition coefficient (Wildman–Crippen LogP) is 4.42. The zero-order valence-electron chi connectivity index (χ0n) is 10.4. The highest BCUT2D eigenvalue weighted by Gasteiger charge is 2.04. The van der Waals surface area contributed by atoms with E-state index in [1.807, 2.05) is 11.6 Å². The fourth-order valence-electron chi connectivity index (χ4n) is 2.02. The van der Waals surface area contributed by atoms with E-state index < -0.39 is 0 Å². The van der Waals surface area contributed by atoms with Crippen LogP contribution in [0, 0.1) is 0 Å². The summed E-state index contributed by atoms with van der Waals surface area (Å²) in [6.07, 6.45) is 0. The summed E-state index contributed by atoms with van der Waals surface area (Å²) in [5.74, 6) is 0. The van der Waals surface area contributed by atoms with Crippen LogP contribution >= 0.6 is 11.3 Å². The normalized spacial score (nSPS) is 10.3. The van der Waals surface area contributed by atoms with Gasteiger partial charge in [0.05, 0.1) is 17.7 Å². The lowest BCUT2D eigenvalue weighted by molar-refractivity contribution is 1.07. The smallest absolute Gasteiger partial charge is 0.0795 e. The van der Waals surface area contributed by atoms with E-state index in [4.69, 9.17) is 0 Å². The molecule has 0 aliphatic rings. The van der Waals surface area contributed by atoms with Crippen molar-refractivity contribution in [1.29, 1.82) is 0 Å². The van der Waals surface area contributed by atoms with Crippen LogP contribution < -0.4 is 5.32 Å². The van der Waals surface area contributed by atoms with Crippen molar-refractivity contribution in [3.05, 3.63) is 71.2 Å². The molecule has 1 aromatic heterocycles. The van der Waals surface area contributed by atoms with E-state index >= 15 is 0 Å². The minimum atomic E-state index is 0.757. The molecule has 0 aliphatic heterocycles. The second-order valence-corrected chi connectivity index (χ2v) is 4.96. The Kier molecular flexibility index (Phi) is 3.56. The van der Waals surface area contributed by atoms with Crippen LogP contribution in [-0.4, -0.2) is 4.98 Å². The third kappa shape index (κ3) is 2.83. The van der Waals surface area contributed by atoms with Gasteiger partial charge in [-0.05, 0) is 11.6 Å². The Morgan fingerprint density at radius 1 is 0.947 bits per heavy atom. The molecule has 1 N–H and O–H groups in total. The SMILES string of the molecule is c1ccc(-c2ccccc2NCc2cscn2)cc1. The molecular formula is C16H14N2S. The van der Waals surface area contributed by atoms with Crippen molar-refractivity contribution in [2.45, 2.75) is 6.54 Å². The van der Waals surface area contributed by atoms with E-state index in [1.165, 1.54) is 11.1 Å². The molecule has 0 atom stereocenters. The van der Waals surface area contributed by atoms with Crippen LogP contribution in [0.15, 0.2) is 65.5 Å². The first-order valence-corrected chi connectivity index (χ1v) is 7.13. The number of nitrogens with zero attached hydrogens (tertiary/aromatic N) is 1. The lowest BCUT2D eigenvalue weighted by atomic mass is 10.0. The Balaban J connectivity index is 1.85. The first kappa shape index (κ1) is 11.9. The Morgan fingerprint density at radius 3 is 2.53 bits per heavy atom. The fraction of sp³-hybridized carbons (Fsp3) is 0.0625. The summed E-state index contributed by atoms with van der Waals surface area (Å²) in [7, 11) is 0. The van der Waals surface area contributed by atoms with Crippen molar-refractivity contribution in [2.75, 3.05) is 5.32 Å². The van der Waals surface area contributed by atoms with Gasteiger partial charge in [-0.15, -0.1) is 11.3 Å². The average molecular weight is 266 g/mol. The van der Waals surface area contributed by atoms with Crippen molar-refractivity contribution < 1.29 is 0 Å². The maximum absolute atomic E-state index is 4.29. The lowest BCUT2D eigenvalue weighted by Crippen LogP contribution is -2.00. The number of thiazole rings is 1. The van der Waals surface area contributed by atoms with Gasteiger partial charge in [0.1, 0.15) is 0 Å². The first-order valence-electron chi connectivity index (χ1n) is 6.19. The van der Waals surface area contributed by atoms with E-state index in [1.54, 1.807) is 11.3 Å². The van der Waals surface area contributed by atoms with Gasteiger partial charge >= 0.3 is 0 Å². The van der Waals surface area contributed by atoms with E-state index in [9.17, 15) is 0 Å². The van der Waals surface area contributed by atoms with Gasteiger partial charge in [-0.3, -0.25) is 0 Å². The average Bonchev–Trinajstić information content (AvgIpc) is 3.00. The molecule has 3 aromatic rings. The Bertz CT molecular complexity index is 633. The van der Waals surface area contributed by atoms with Crippen molar-refractivity contribution in [1.82, 2.24) is 4.98 Å². The Morgan fingerprint density at radius 2 is 1.74 bits per heavy atom. The van der Waals surface area contributed by atoms with Crippen molar-refractivity contribution >= 4 is 17.0 Å². The van der Waals surface area contributed by atoms with Crippen LogP contribution in [0.2, 0.25) is 0 Å². The molecule has 0 amide bonds. The molecule has 0 saturated carbocycles. The van der Waals surface area contributed by atoms with Gasteiger partial charge in [0.2, 0.25) is 0 Å². The summed E-state index contributed by atoms with van der Waals surface area (Å²) in [5, 5.41) is 5.53. The zero-order chi connectivity index (χ0) is 12.9. The number of aromatic nitrogens is 1. The maximum Gasteiger partial charge on any atom is 0.0795 e. The molecule has 0 fully saturated rings. The van der Waals surface area contributed by atoms with Crippen molar-refractivity contribution in [3.63, 3.8) is 0 Å². The van der Waals surface area contributed by atoms with Crippen LogP contribution in [0.4, 0.5) is 5.69 Å². The summed E-state index contributed by atoms with van der Waals surface area (Å²) < 4.78 is 0. The molecule has 1 heterocycles. The summed E-state index contributed by atoms with van der Waals surface area (Å²) in [6, 6.07) is 18.8. The third-order valence-corrected chi connectivity index (χ3v) is 3.59. The fourth-order valence-corrected chi connectivity index (χ4v) is 2.58. The Labute approximate surface area is 116 Å². The first-order chi connectivity index (χ1) is 9.43. The minimum Gasteiger partial charge on any atom is -0.379 e. The summed E-state index contributed by atoms with van der Waals surface area (Å²) in [5.41, 5.74) is 6.52. The number of hydrogen-bond acceptors (Lipinski definition) is 3. The van der Waals surface area contributed by atoms with Gasteiger partial charge in [0, 0.05) is 16.6 Å². The van der Waals surface area contributed by atoms with E-state index in [-0.39, 0.29) is 0 Å². The molecule has 0 unspecified atom stereocenters. The van der Waals surface area contributed by atoms with E-state index in [0.717, 1.165) is 17.9 Å². The lowest BCUT2D eigenvalue weighted by Gasteiger charge is -2.11. The van der Waals surface area contributed by atoms with Crippen LogP contribution in [0.3, 0.4) is 0 Å². The van der Waals surface area contributed by atoms with Gasteiger partial charge in [-0.25, -0.2) is 4.98 Å². The summed E-state index contributed by atoms with van der Waals surface area (Å²) >= 11 is 1.62. The molecule has 0 saturated heterocycles. The number of nitrogens with one attached hydrogen (secondary N) is 1. The second-order valence-electron chi connectivity index (χ2n) is 4.24. The van der Waals surface area contributed by atoms with Gasteiger partial charge in [-0.2, -0.15) is 0 Å². The number of rotatable bonds is 4. The molecule has 0 radical (unpaired) electrons. The predicted molar refractivity (Wildman–Crippen MR) is 81.3 cm³/mol. The highest BCUT2D eigenvalue weighted by atomic mass is 32.1. The molecule has 0 aliphatic carbocycles. The van der Waals surface area contributed by atoms with Crippen LogP contribution in [-0.2, 0) is 6.54 Å². The Hall–Kier alpha value is -2.13. The van der Waals surface area contributed by atoms with Gasteiger partial charge in [0.15, 0.2) is 0 Å². The standard InChI is InChI=1S/C16H14N2S/c1-2-6-13(7-3-1)15-8-4-5-9-16(15)17-10-14-11-19-12-18-14/h1-9,11-12,17H,10H2. The molecule has 94 valence electrons. The van der Waals surface area contributed by atoms with E-state index in [2.05, 4.69) is 64.2 Å². The van der Waals surface area contributed by atoms with Crippen molar-refractivity contribution in [2.24, 2.45) is 0 Å². The highest BCUT2D eigenvalue weighted by molar-refractivity contribution is 7.07. The number of anilines is 1. The highest BCUT2D eigenvalue weighted by Crippen LogP contribution is 2.27.